The summed E-state index contributed by atoms with van der Waals surface area (Å²) < 4.78 is 2.08. The van der Waals surface area contributed by atoms with E-state index >= 15 is 0 Å². The normalized spacial score (nSPS) is 12.0. The molecule has 3 nitrogen and oxygen atoms in total. The first-order valence-electron chi connectivity index (χ1n) is 8.34. The molecule has 0 radical (unpaired) electrons. The Labute approximate surface area is 143 Å². The number of fused-ring (bicyclic) bond motifs is 9. The minimum Gasteiger partial charge on any atom is -0.282 e. The summed E-state index contributed by atoms with van der Waals surface area (Å²) in [6, 6.07) is 21.7. The monoisotopic (exact) mass is 319 g/mol. The van der Waals surface area contributed by atoms with Gasteiger partial charge in [-0.2, -0.15) is 0 Å². The molecule has 0 spiro atoms. The fourth-order valence-electron chi connectivity index (χ4n) is 3.95. The van der Waals surface area contributed by atoms with Gasteiger partial charge in [-0.3, -0.25) is 4.40 Å². The lowest BCUT2D eigenvalue weighted by Gasteiger charge is -2.10. The topological polar surface area (TPSA) is 30.2 Å². The SMILES string of the molecule is c1ccc2c(c1)ccc1cc3c(cc12)c1cncn1c1ncccc31. The Balaban J connectivity index is 1.95. The molecular weight excluding hydrogens is 306 g/mol. The zero-order valence-corrected chi connectivity index (χ0v) is 13.3. The third-order valence-corrected chi connectivity index (χ3v) is 5.10. The van der Waals surface area contributed by atoms with Crippen molar-refractivity contribution in [3.05, 3.63) is 79.4 Å². The number of pyridine rings is 2. The van der Waals surface area contributed by atoms with Gasteiger partial charge in [0.25, 0.3) is 0 Å². The summed E-state index contributed by atoms with van der Waals surface area (Å²) in [6.45, 7) is 0. The second kappa shape index (κ2) is 4.54. The van der Waals surface area contributed by atoms with Crippen molar-refractivity contribution in [2.45, 2.75) is 0 Å². The maximum atomic E-state index is 4.58. The van der Waals surface area contributed by atoms with Gasteiger partial charge in [0.15, 0.2) is 0 Å². The highest BCUT2D eigenvalue weighted by Gasteiger charge is 2.11. The Kier molecular flexibility index (Phi) is 2.35. The van der Waals surface area contributed by atoms with Crippen molar-refractivity contribution < 1.29 is 0 Å². The fourth-order valence-corrected chi connectivity index (χ4v) is 3.95. The van der Waals surface area contributed by atoms with Crippen molar-refractivity contribution in [1.82, 2.24) is 14.4 Å². The number of nitrogens with zero attached hydrogens (tertiary/aromatic N) is 3. The molecule has 3 heterocycles. The quantitative estimate of drug-likeness (QED) is 0.279. The fraction of sp³-hybridized carbons (Fsp3) is 0. The van der Waals surface area contributed by atoms with Crippen LogP contribution in [-0.2, 0) is 0 Å². The van der Waals surface area contributed by atoms with Gasteiger partial charge in [0.05, 0.1) is 11.7 Å². The summed E-state index contributed by atoms with van der Waals surface area (Å²) >= 11 is 0. The van der Waals surface area contributed by atoms with E-state index in [1.165, 1.54) is 32.3 Å². The summed E-state index contributed by atoms with van der Waals surface area (Å²) in [7, 11) is 0. The molecule has 25 heavy (non-hydrogen) atoms. The van der Waals surface area contributed by atoms with Gasteiger partial charge in [-0.15, -0.1) is 0 Å². The molecule has 116 valence electrons. The van der Waals surface area contributed by atoms with Crippen LogP contribution in [0.3, 0.4) is 0 Å². The largest absolute Gasteiger partial charge is 0.282 e. The Morgan fingerprint density at radius 3 is 2.56 bits per heavy atom. The van der Waals surface area contributed by atoms with E-state index in [0.29, 0.717) is 0 Å². The maximum absolute atomic E-state index is 4.58. The number of aromatic nitrogens is 3. The highest BCUT2D eigenvalue weighted by molar-refractivity contribution is 6.19. The molecule has 3 aromatic heterocycles. The molecule has 0 saturated carbocycles. The van der Waals surface area contributed by atoms with E-state index in [0.717, 1.165) is 16.6 Å². The minimum absolute atomic E-state index is 0.947. The van der Waals surface area contributed by atoms with Crippen molar-refractivity contribution in [1.29, 1.82) is 0 Å². The molecule has 0 bridgehead atoms. The number of rotatable bonds is 0. The minimum atomic E-state index is 0.947. The van der Waals surface area contributed by atoms with Crippen LogP contribution in [0.25, 0.3) is 48.9 Å². The lowest BCUT2D eigenvalue weighted by molar-refractivity contribution is 1.17. The van der Waals surface area contributed by atoms with E-state index < -0.39 is 0 Å². The number of hydrogen-bond acceptors (Lipinski definition) is 2. The Morgan fingerprint density at radius 2 is 1.56 bits per heavy atom. The zero-order valence-electron chi connectivity index (χ0n) is 13.3. The standard InChI is InChI=1S/C22H13N3/c1-2-5-16-14(4-1)7-8-15-10-19-17-6-3-9-24-22(17)25-13-23-12-21(25)20(19)11-18(15)16/h1-13H. The molecule has 0 N–H and O–H groups in total. The highest BCUT2D eigenvalue weighted by atomic mass is 15.0. The van der Waals surface area contributed by atoms with E-state index in [4.69, 9.17) is 0 Å². The van der Waals surface area contributed by atoms with Crippen LogP contribution in [0.5, 0.6) is 0 Å². The molecule has 6 rings (SSSR count). The average molecular weight is 319 g/mol. The summed E-state index contributed by atoms with van der Waals surface area (Å²) in [6.07, 6.45) is 5.60. The van der Waals surface area contributed by atoms with E-state index in [1.54, 1.807) is 0 Å². The van der Waals surface area contributed by atoms with Crippen LogP contribution in [0.4, 0.5) is 0 Å². The van der Waals surface area contributed by atoms with Crippen molar-refractivity contribution >= 4 is 48.9 Å². The van der Waals surface area contributed by atoms with Gasteiger partial charge in [0.1, 0.15) is 12.0 Å². The van der Waals surface area contributed by atoms with Gasteiger partial charge in [-0.25, -0.2) is 9.97 Å². The number of hydrogen-bond donors (Lipinski definition) is 0. The third-order valence-electron chi connectivity index (χ3n) is 5.10. The van der Waals surface area contributed by atoms with Crippen LogP contribution in [-0.4, -0.2) is 14.4 Å². The van der Waals surface area contributed by atoms with Crippen molar-refractivity contribution in [2.75, 3.05) is 0 Å². The van der Waals surface area contributed by atoms with Crippen LogP contribution in [0.1, 0.15) is 0 Å². The van der Waals surface area contributed by atoms with E-state index in [1.807, 2.05) is 24.8 Å². The molecular formula is C22H13N3. The van der Waals surface area contributed by atoms with Gasteiger partial charge in [0.2, 0.25) is 0 Å². The van der Waals surface area contributed by atoms with E-state index in [-0.39, 0.29) is 0 Å². The lowest BCUT2D eigenvalue weighted by Crippen LogP contribution is -1.92. The summed E-state index contributed by atoms with van der Waals surface area (Å²) in [5, 5.41) is 8.66. The first kappa shape index (κ1) is 12.9. The molecule has 0 aliphatic heterocycles. The highest BCUT2D eigenvalue weighted by Crippen LogP contribution is 2.34. The van der Waals surface area contributed by atoms with Crippen LogP contribution in [0, 0.1) is 0 Å². The molecule has 3 aromatic carbocycles. The molecule has 0 atom stereocenters. The van der Waals surface area contributed by atoms with Gasteiger partial charge in [-0.05, 0) is 51.2 Å². The summed E-state index contributed by atoms with van der Waals surface area (Å²) in [5.41, 5.74) is 2.04. The molecule has 0 unspecified atom stereocenters. The number of benzene rings is 3. The molecule has 0 amide bonds. The van der Waals surface area contributed by atoms with Gasteiger partial charge in [0, 0.05) is 17.0 Å². The molecule has 0 aliphatic rings. The van der Waals surface area contributed by atoms with Crippen molar-refractivity contribution in [2.24, 2.45) is 0 Å². The van der Waals surface area contributed by atoms with E-state index in [9.17, 15) is 0 Å². The van der Waals surface area contributed by atoms with Gasteiger partial charge >= 0.3 is 0 Å². The summed E-state index contributed by atoms with van der Waals surface area (Å²) in [5.74, 6) is 0. The molecule has 6 aromatic rings. The third kappa shape index (κ3) is 1.64. The van der Waals surface area contributed by atoms with Gasteiger partial charge < -0.3 is 0 Å². The molecule has 0 fully saturated rings. The predicted octanol–water partition coefficient (Wildman–Crippen LogP) is 5.34. The van der Waals surface area contributed by atoms with Crippen molar-refractivity contribution in [3.63, 3.8) is 0 Å². The van der Waals surface area contributed by atoms with Crippen LogP contribution in [0.15, 0.2) is 79.4 Å². The lowest BCUT2D eigenvalue weighted by atomic mass is 9.97. The molecule has 0 aliphatic carbocycles. The Hall–Kier alpha value is -3.46. The van der Waals surface area contributed by atoms with Crippen LogP contribution in [0.2, 0.25) is 0 Å². The van der Waals surface area contributed by atoms with Gasteiger partial charge in [-0.1, -0.05) is 36.4 Å². The molecule has 3 heteroatoms. The van der Waals surface area contributed by atoms with E-state index in [2.05, 4.69) is 69.0 Å². The predicted molar refractivity (Wildman–Crippen MR) is 103 cm³/mol. The maximum Gasteiger partial charge on any atom is 0.146 e. The summed E-state index contributed by atoms with van der Waals surface area (Å²) in [4.78, 5) is 8.95. The van der Waals surface area contributed by atoms with Crippen LogP contribution >= 0.6 is 0 Å². The number of imidazole rings is 1. The second-order valence-electron chi connectivity index (χ2n) is 6.43. The molecule has 0 saturated heterocycles. The smallest absolute Gasteiger partial charge is 0.146 e. The Morgan fingerprint density at radius 1 is 0.680 bits per heavy atom. The zero-order chi connectivity index (χ0) is 16.4. The first-order valence-corrected chi connectivity index (χ1v) is 8.34. The second-order valence-corrected chi connectivity index (χ2v) is 6.43. The van der Waals surface area contributed by atoms with Crippen molar-refractivity contribution in [3.8, 4) is 0 Å². The Bertz CT molecular complexity index is 1440. The first-order chi connectivity index (χ1) is 12.4. The average Bonchev–Trinajstić information content (AvgIpc) is 3.17. The van der Waals surface area contributed by atoms with Crippen LogP contribution < -0.4 is 0 Å².